The van der Waals surface area contributed by atoms with E-state index >= 15 is 0 Å². The minimum Gasteiger partial charge on any atom is -0.493 e. The number of sulfonamides is 2. The van der Waals surface area contributed by atoms with Crippen molar-refractivity contribution < 1.29 is 26.3 Å². The van der Waals surface area contributed by atoms with E-state index in [1.54, 1.807) is 42.5 Å². The van der Waals surface area contributed by atoms with Crippen molar-refractivity contribution in [3.05, 3.63) is 53.6 Å². The Kier molecular flexibility index (Phi) is 5.95. The molecule has 0 amide bonds. The van der Waals surface area contributed by atoms with E-state index in [-0.39, 0.29) is 0 Å². The maximum atomic E-state index is 12.4. The number of methoxy groups -OCH3 is 2. The first-order valence-corrected chi connectivity index (χ1v) is 12.6. The summed E-state index contributed by atoms with van der Waals surface area (Å²) in [6, 6.07) is 11.3. The highest BCUT2D eigenvalue weighted by Gasteiger charge is 2.35. The standard InChI is InChI=1S/C19H23N3O6S2/c1-27-18-9-8-14(11-19(18)28-2)17-12-16(20-22(17)30(4,25)26)13-6-5-7-15(10-13)21-29(3,23)24/h5-11,17,21H,12H2,1-4H3/t17-/m1/s1. The van der Waals surface area contributed by atoms with E-state index in [1.807, 2.05) is 0 Å². The van der Waals surface area contributed by atoms with Crippen LogP contribution in [0.25, 0.3) is 0 Å². The molecule has 0 saturated carbocycles. The van der Waals surface area contributed by atoms with E-state index in [0.717, 1.165) is 16.9 Å². The molecule has 162 valence electrons. The van der Waals surface area contributed by atoms with E-state index < -0.39 is 26.1 Å². The monoisotopic (exact) mass is 453 g/mol. The van der Waals surface area contributed by atoms with Crippen LogP contribution in [0, 0.1) is 0 Å². The van der Waals surface area contributed by atoms with Crippen LogP contribution in [0.2, 0.25) is 0 Å². The average molecular weight is 454 g/mol. The third-order valence-corrected chi connectivity index (χ3v) is 6.13. The van der Waals surface area contributed by atoms with E-state index in [4.69, 9.17) is 9.47 Å². The van der Waals surface area contributed by atoms with Gasteiger partial charge in [-0.2, -0.15) is 9.52 Å². The van der Waals surface area contributed by atoms with E-state index in [9.17, 15) is 16.8 Å². The van der Waals surface area contributed by atoms with Crippen LogP contribution < -0.4 is 14.2 Å². The van der Waals surface area contributed by atoms with Gasteiger partial charge in [-0.05, 0) is 35.4 Å². The summed E-state index contributed by atoms with van der Waals surface area (Å²) in [5.74, 6) is 1.02. The van der Waals surface area contributed by atoms with Crippen molar-refractivity contribution in [2.24, 2.45) is 5.10 Å². The second-order valence-corrected chi connectivity index (χ2v) is 10.5. The molecule has 2 aromatic carbocycles. The zero-order valence-electron chi connectivity index (χ0n) is 17.0. The lowest BCUT2D eigenvalue weighted by atomic mass is 9.98. The van der Waals surface area contributed by atoms with Gasteiger partial charge in [0.15, 0.2) is 11.5 Å². The largest absolute Gasteiger partial charge is 0.493 e. The summed E-state index contributed by atoms with van der Waals surface area (Å²) in [6.07, 6.45) is 2.46. The second-order valence-electron chi connectivity index (χ2n) is 6.87. The number of ether oxygens (including phenoxy) is 2. The maximum absolute atomic E-state index is 12.4. The molecule has 1 aliphatic rings. The molecule has 0 radical (unpaired) electrons. The number of nitrogens with zero attached hydrogens (tertiary/aromatic N) is 2. The zero-order valence-corrected chi connectivity index (χ0v) is 18.6. The molecular weight excluding hydrogens is 430 g/mol. The fraction of sp³-hybridized carbons (Fsp3) is 0.316. The SMILES string of the molecule is COc1ccc([C@H]2CC(c3cccc(NS(C)(=O)=O)c3)=NN2S(C)(=O)=O)cc1OC. The molecule has 1 N–H and O–H groups in total. The van der Waals surface area contributed by atoms with E-state index in [0.29, 0.717) is 40.4 Å². The number of hydrazone groups is 1. The zero-order chi connectivity index (χ0) is 22.1. The highest BCUT2D eigenvalue weighted by molar-refractivity contribution is 7.92. The molecule has 11 heteroatoms. The molecule has 3 rings (SSSR count). The maximum Gasteiger partial charge on any atom is 0.247 e. The van der Waals surface area contributed by atoms with Crippen molar-refractivity contribution >= 4 is 31.4 Å². The molecule has 2 aromatic rings. The van der Waals surface area contributed by atoms with Crippen LogP contribution in [0.5, 0.6) is 11.5 Å². The minimum atomic E-state index is -3.65. The smallest absolute Gasteiger partial charge is 0.247 e. The van der Waals surface area contributed by atoms with Crippen molar-refractivity contribution in [2.75, 3.05) is 31.5 Å². The van der Waals surface area contributed by atoms with Crippen LogP contribution in [0.15, 0.2) is 47.6 Å². The van der Waals surface area contributed by atoms with Crippen LogP contribution >= 0.6 is 0 Å². The summed E-state index contributed by atoms with van der Waals surface area (Å²) >= 11 is 0. The van der Waals surface area contributed by atoms with Crippen molar-refractivity contribution in [3.63, 3.8) is 0 Å². The second kappa shape index (κ2) is 8.15. The average Bonchev–Trinajstić information content (AvgIpc) is 3.12. The highest BCUT2D eigenvalue weighted by Crippen LogP contribution is 2.38. The molecular formula is C19H23N3O6S2. The topological polar surface area (TPSA) is 114 Å². The third kappa shape index (κ3) is 4.85. The van der Waals surface area contributed by atoms with Crippen molar-refractivity contribution in [1.29, 1.82) is 0 Å². The van der Waals surface area contributed by atoms with E-state index in [2.05, 4.69) is 9.82 Å². The highest BCUT2D eigenvalue weighted by atomic mass is 32.2. The molecule has 1 aliphatic heterocycles. The normalized spacial score (nSPS) is 16.9. The number of benzene rings is 2. The molecule has 0 saturated heterocycles. The van der Waals surface area contributed by atoms with Crippen LogP contribution in [0.4, 0.5) is 5.69 Å². The van der Waals surface area contributed by atoms with Gasteiger partial charge in [0.2, 0.25) is 20.0 Å². The lowest BCUT2D eigenvalue weighted by Gasteiger charge is -2.22. The molecule has 0 aromatic heterocycles. The number of hydrogen-bond donors (Lipinski definition) is 1. The van der Waals surface area contributed by atoms with Crippen LogP contribution in [-0.2, 0) is 20.0 Å². The molecule has 0 aliphatic carbocycles. The molecule has 0 bridgehead atoms. The Morgan fingerprint density at radius 3 is 2.30 bits per heavy atom. The Hall–Kier alpha value is -2.79. The van der Waals surface area contributed by atoms with E-state index in [1.165, 1.54) is 14.2 Å². The Morgan fingerprint density at radius 2 is 1.70 bits per heavy atom. The molecule has 0 unspecified atom stereocenters. The summed E-state index contributed by atoms with van der Waals surface area (Å²) in [6.45, 7) is 0. The first-order valence-electron chi connectivity index (χ1n) is 8.89. The minimum absolute atomic E-state index is 0.310. The van der Waals surface area contributed by atoms with Crippen molar-refractivity contribution in [2.45, 2.75) is 12.5 Å². The van der Waals surface area contributed by atoms with Gasteiger partial charge in [0.1, 0.15) is 0 Å². The lowest BCUT2D eigenvalue weighted by Crippen LogP contribution is -2.25. The van der Waals surface area contributed by atoms with Gasteiger partial charge >= 0.3 is 0 Å². The van der Waals surface area contributed by atoms with Gasteiger partial charge in [-0.1, -0.05) is 18.2 Å². The quantitative estimate of drug-likeness (QED) is 0.687. The summed E-state index contributed by atoms with van der Waals surface area (Å²) in [7, 11) is -4.06. The number of rotatable bonds is 7. The fourth-order valence-corrected chi connectivity index (χ4v) is 4.71. The molecule has 1 heterocycles. The van der Waals surface area contributed by atoms with Gasteiger partial charge in [-0.25, -0.2) is 16.8 Å². The van der Waals surface area contributed by atoms with Crippen molar-refractivity contribution in [3.8, 4) is 11.5 Å². The lowest BCUT2D eigenvalue weighted by molar-refractivity contribution is 0.349. The van der Waals surface area contributed by atoms with Crippen LogP contribution in [0.3, 0.4) is 0 Å². The number of nitrogens with one attached hydrogen (secondary N) is 1. The van der Waals surface area contributed by atoms with Crippen molar-refractivity contribution in [1.82, 2.24) is 4.41 Å². The summed E-state index contributed by atoms with van der Waals surface area (Å²) in [5, 5.41) is 4.34. The van der Waals surface area contributed by atoms with Gasteiger partial charge in [-0.3, -0.25) is 4.72 Å². The number of anilines is 1. The Bertz CT molecular complexity index is 1190. The molecule has 0 spiro atoms. The summed E-state index contributed by atoms with van der Waals surface area (Å²) in [5.41, 5.74) is 2.22. The predicted molar refractivity (Wildman–Crippen MR) is 115 cm³/mol. The molecule has 30 heavy (non-hydrogen) atoms. The molecule has 9 nitrogen and oxygen atoms in total. The van der Waals surface area contributed by atoms with Gasteiger partial charge < -0.3 is 9.47 Å². The van der Waals surface area contributed by atoms with Crippen LogP contribution in [-0.4, -0.2) is 53.7 Å². The Balaban J connectivity index is 2.00. The molecule has 1 atom stereocenters. The van der Waals surface area contributed by atoms with Gasteiger partial charge in [-0.15, -0.1) is 0 Å². The predicted octanol–water partition coefficient (Wildman–Crippen LogP) is 2.19. The summed E-state index contributed by atoms with van der Waals surface area (Å²) < 4.78 is 61.9. The van der Waals surface area contributed by atoms with Gasteiger partial charge in [0.25, 0.3) is 0 Å². The van der Waals surface area contributed by atoms with Gasteiger partial charge in [0.05, 0.1) is 38.5 Å². The first kappa shape index (κ1) is 21.9. The summed E-state index contributed by atoms with van der Waals surface area (Å²) in [4.78, 5) is 0. The first-order chi connectivity index (χ1) is 14.0. The Labute approximate surface area is 176 Å². The van der Waals surface area contributed by atoms with Gasteiger partial charge in [0, 0.05) is 12.1 Å². The third-order valence-electron chi connectivity index (χ3n) is 4.50. The molecule has 0 fully saturated rings. The Morgan fingerprint density at radius 1 is 1.00 bits per heavy atom. The van der Waals surface area contributed by atoms with Crippen LogP contribution in [0.1, 0.15) is 23.6 Å². The number of hydrogen-bond acceptors (Lipinski definition) is 7. The fourth-order valence-electron chi connectivity index (χ4n) is 3.25.